The second kappa shape index (κ2) is 11.2. The Hall–Kier alpha value is -3.22. The molecule has 0 radical (unpaired) electrons. The minimum absolute atomic E-state index is 0.00955. The molecule has 12 heteroatoms. The zero-order chi connectivity index (χ0) is 25.8. The molecule has 0 unspecified atom stereocenters. The van der Waals surface area contributed by atoms with Crippen LogP contribution >= 0.6 is 43.6 Å². The summed E-state index contributed by atoms with van der Waals surface area (Å²) in [5.74, 6) is 0.589. The number of furan rings is 1. The summed E-state index contributed by atoms with van der Waals surface area (Å²) in [4.78, 5) is 15.1. The lowest BCUT2D eigenvalue weighted by Gasteiger charge is -2.12. The predicted molar refractivity (Wildman–Crippen MR) is 145 cm³/mol. The second-order valence-corrected chi connectivity index (χ2v) is 10.1. The van der Waals surface area contributed by atoms with Crippen molar-refractivity contribution in [2.75, 3.05) is 14.2 Å². The average molecular weight is 637 g/mol. The van der Waals surface area contributed by atoms with E-state index in [1.165, 1.54) is 31.6 Å². The number of methoxy groups -OCH3 is 2. The van der Waals surface area contributed by atoms with Gasteiger partial charge in [-0.3, -0.25) is 9.69 Å². The van der Waals surface area contributed by atoms with E-state index in [1.54, 1.807) is 42.5 Å². The Morgan fingerprint density at radius 2 is 1.83 bits per heavy atom. The minimum Gasteiger partial charge on any atom is -0.506 e. The van der Waals surface area contributed by atoms with Gasteiger partial charge in [-0.15, -0.1) is 5.10 Å². The van der Waals surface area contributed by atoms with Crippen molar-refractivity contribution >= 4 is 67.0 Å². The van der Waals surface area contributed by atoms with Crippen LogP contribution in [0.4, 0.5) is 0 Å². The van der Waals surface area contributed by atoms with Crippen molar-refractivity contribution in [3.05, 3.63) is 73.4 Å². The maximum absolute atomic E-state index is 13.3. The largest absolute Gasteiger partial charge is 0.506 e. The molecule has 0 atom stereocenters. The van der Waals surface area contributed by atoms with Crippen LogP contribution in [0.25, 0.3) is 6.08 Å². The van der Waals surface area contributed by atoms with Crippen molar-refractivity contribution in [2.45, 2.75) is 6.54 Å². The maximum Gasteiger partial charge on any atom is 0.267 e. The van der Waals surface area contributed by atoms with Gasteiger partial charge in [0.25, 0.3) is 5.91 Å². The number of carbonyl (C=O) groups excluding carboxylic acids is 1. The number of hydrogen-bond acceptors (Lipinski definition) is 9. The molecular formula is C24H19Br2N3O6S. The third-order valence-electron chi connectivity index (χ3n) is 4.98. The average Bonchev–Trinajstić information content (AvgIpc) is 3.47. The van der Waals surface area contributed by atoms with Crippen LogP contribution in [0.2, 0.25) is 0 Å². The standard InChI is InChI=1S/C24H19Br2N3O6S/c1-33-18-6-13(7-19(34-2)22(18)31)11-27-28-24-29(12-16-4-3-5-35-16)23(32)20(36-24)9-14-8-15(25)10-17(26)21(14)30/h3-11,30-31H,12H2,1-2H3/b20-9-,27-11+,28-24-. The number of rotatable bonds is 7. The van der Waals surface area contributed by atoms with Crippen LogP contribution in [0.3, 0.4) is 0 Å². The highest BCUT2D eigenvalue weighted by atomic mass is 79.9. The minimum atomic E-state index is -0.311. The Labute approximate surface area is 227 Å². The SMILES string of the molecule is COc1cc(/C=N/N=C2\S/C(=C\c3cc(Br)cc(Br)c3O)C(=O)N2Cc2ccco2)cc(OC)c1O. The summed E-state index contributed by atoms with van der Waals surface area (Å²) >= 11 is 7.82. The van der Waals surface area contributed by atoms with Crippen LogP contribution in [-0.2, 0) is 11.3 Å². The Balaban J connectivity index is 1.68. The molecule has 1 amide bonds. The number of carbonyl (C=O) groups is 1. The molecule has 2 aromatic carbocycles. The molecule has 1 aliphatic heterocycles. The van der Waals surface area contributed by atoms with E-state index in [9.17, 15) is 15.0 Å². The number of hydrogen-bond donors (Lipinski definition) is 2. The van der Waals surface area contributed by atoms with Gasteiger partial charge in [0.2, 0.25) is 5.75 Å². The molecule has 0 saturated carbocycles. The Kier molecular flexibility index (Phi) is 8.07. The highest BCUT2D eigenvalue weighted by Crippen LogP contribution is 2.39. The third kappa shape index (κ3) is 5.61. The van der Waals surface area contributed by atoms with Crippen molar-refractivity contribution in [3.8, 4) is 23.0 Å². The van der Waals surface area contributed by atoms with Crippen LogP contribution in [0.1, 0.15) is 16.9 Å². The first-order valence-corrected chi connectivity index (χ1v) is 12.7. The molecular weight excluding hydrogens is 618 g/mol. The Bertz CT molecular complexity index is 1360. The van der Waals surface area contributed by atoms with Crippen molar-refractivity contribution < 1.29 is 28.9 Å². The molecule has 1 aromatic heterocycles. The maximum atomic E-state index is 13.3. The highest BCUT2D eigenvalue weighted by molar-refractivity contribution is 9.11. The summed E-state index contributed by atoms with van der Waals surface area (Å²) in [7, 11) is 2.86. The highest BCUT2D eigenvalue weighted by Gasteiger charge is 2.34. The zero-order valence-corrected chi connectivity index (χ0v) is 22.9. The number of amides is 1. The van der Waals surface area contributed by atoms with Crippen LogP contribution in [0, 0.1) is 0 Å². The van der Waals surface area contributed by atoms with E-state index in [2.05, 4.69) is 42.1 Å². The molecule has 1 saturated heterocycles. The van der Waals surface area contributed by atoms with Crippen molar-refractivity contribution in [2.24, 2.45) is 10.2 Å². The van der Waals surface area contributed by atoms with Gasteiger partial charge in [0.05, 0.1) is 42.6 Å². The van der Waals surface area contributed by atoms with E-state index in [4.69, 9.17) is 13.9 Å². The van der Waals surface area contributed by atoms with E-state index >= 15 is 0 Å². The lowest BCUT2D eigenvalue weighted by molar-refractivity contribution is -0.122. The van der Waals surface area contributed by atoms with E-state index in [0.717, 1.165) is 16.2 Å². The molecule has 3 aromatic rings. The summed E-state index contributed by atoms with van der Waals surface area (Å²) in [5, 5.41) is 29.2. The van der Waals surface area contributed by atoms with Gasteiger partial charge in [-0.05, 0) is 70.2 Å². The van der Waals surface area contributed by atoms with Gasteiger partial charge in [0, 0.05) is 15.6 Å². The molecule has 0 spiro atoms. The van der Waals surface area contributed by atoms with Gasteiger partial charge < -0.3 is 24.1 Å². The third-order valence-corrected chi connectivity index (χ3v) is 7.04. The first-order chi connectivity index (χ1) is 17.3. The van der Waals surface area contributed by atoms with E-state index in [-0.39, 0.29) is 35.4 Å². The number of amidine groups is 1. The van der Waals surface area contributed by atoms with E-state index in [1.807, 2.05) is 0 Å². The van der Waals surface area contributed by atoms with Crippen LogP contribution in [0.5, 0.6) is 23.0 Å². The summed E-state index contributed by atoms with van der Waals surface area (Å²) in [6.45, 7) is 0.152. The van der Waals surface area contributed by atoms with Gasteiger partial charge in [-0.25, -0.2) is 0 Å². The number of aromatic hydroxyl groups is 2. The lowest BCUT2D eigenvalue weighted by atomic mass is 10.2. The molecule has 1 aliphatic rings. The lowest BCUT2D eigenvalue weighted by Crippen LogP contribution is -2.28. The smallest absolute Gasteiger partial charge is 0.267 e. The normalized spacial score (nSPS) is 16.0. The number of ether oxygens (including phenoxy) is 2. The molecule has 9 nitrogen and oxygen atoms in total. The predicted octanol–water partition coefficient (Wildman–Crippen LogP) is 5.74. The van der Waals surface area contributed by atoms with Crippen molar-refractivity contribution in [3.63, 3.8) is 0 Å². The van der Waals surface area contributed by atoms with Gasteiger partial charge in [0.15, 0.2) is 16.7 Å². The fraction of sp³-hybridized carbons (Fsp3) is 0.125. The van der Waals surface area contributed by atoms with Gasteiger partial charge in [-0.1, -0.05) is 15.9 Å². The van der Waals surface area contributed by atoms with E-state index < -0.39 is 0 Å². The summed E-state index contributed by atoms with van der Waals surface area (Å²) < 4.78 is 17.0. The number of benzene rings is 2. The summed E-state index contributed by atoms with van der Waals surface area (Å²) in [6.07, 6.45) is 4.57. The van der Waals surface area contributed by atoms with E-state index in [0.29, 0.717) is 31.4 Å². The molecule has 4 rings (SSSR count). The quantitative estimate of drug-likeness (QED) is 0.193. The Morgan fingerprint density at radius 1 is 1.11 bits per heavy atom. The molecule has 0 bridgehead atoms. The first kappa shape index (κ1) is 25.9. The number of phenols is 2. The van der Waals surface area contributed by atoms with Crippen molar-refractivity contribution in [1.29, 1.82) is 0 Å². The van der Waals surface area contributed by atoms with Gasteiger partial charge in [0.1, 0.15) is 11.5 Å². The number of thioether (sulfide) groups is 1. The summed E-state index contributed by atoms with van der Waals surface area (Å²) in [6, 6.07) is 10.1. The topological polar surface area (TPSA) is 117 Å². The second-order valence-electron chi connectivity index (χ2n) is 7.31. The molecule has 2 heterocycles. The van der Waals surface area contributed by atoms with Gasteiger partial charge in [-0.2, -0.15) is 5.10 Å². The number of halogens is 2. The van der Waals surface area contributed by atoms with Crippen LogP contribution in [-0.4, -0.2) is 46.6 Å². The number of phenolic OH excluding ortho intramolecular Hbond substituents is 2. The summed E-state index contributed by atoms with van der Waals surface area (Å²) in [5.41, 5.74) is 1.02. The molecule has 0 aliphatic carbocycles. The zero-order valence-electron chi connectivity index (χ0n) is 18.9. The number of nitrogens with zero attached hydrogens (tertiary/aromatic N) is 3. The fourth-order valence-electron chi connectivity index (χ4n) is 3.25. The van der Waals surface area contributed by atoms with Gasteiger partial charge >= 0.3 is 0 Å². The monoisotopic (exact) mass is 635 g/mol. The van der Waals surface area contributed by atoms with Crippen molar-refractivity contribution in [1.82, 2.24) is 4.90 Å². The van der Waals surface area contributed by atoms with Crippen LogP contribution in [0.15, 0.2) is 71.1 Å². The molecule has 36 heavy (non-hydrogen) atoms. The fourth-order valence-corrected chi connectivity index (χ4v) is 5.43. The molecule has 2 N–H and O–H groups in total. The Morgan fingerprint density at radius 3 is 2.47 bits per heavy atom. The van der Waals surface area contributed by atoms with Crippen LogP contribution < -0.4 is 9.47 Å². The first-order valence-electron chi connectivity index (χ1n) is 10.3. The molecule has 1 fully saturated rings. The molecule has 186 valence electrons.